The molecule has 1 N–H and O–H groups in total. The van der Waals surface area contributed by atoms with Gasteiger partial charge in [0.05, 0.1) is 42.4 Å². The highest BCUT2D eigenvalue weighted by molar-refractivity contribution is 8.02. The highest BCUT2D eigenvalue weighted by Gasteiger charge is 2.77. The summed E-state index contributed by atoms with van der Waals surface area (Å²) in [6.07, 6.45) is 4.21. The Balaban J connectivity index is 1.73. The van der Waals surface area contributed by atoms with Crippen LogP contribution in [-0.2, 0) is 19.1 Å². The van der Waals surface area contributed by atoms with Gasteiger partial charge in [0.25, 0.3) is 0 Å². The molecule has 4 aliphatic rings. The van der Waals surface area contributed by atoms with Crippen LogP contribution in [0.1, 0.15) is 27.2 Å². The van der Waals surface area contributed by atoms with Crippen LogP contribution in [0.4, 0.5) is 0 Å². The summed E-state index contributed by atoms with van der Waals surface area (Å²) in [6.45, 7) is 18.5. The lowest BCUT2D eigenvalue weighted by atomic mass is 9.65. The first-order valence-electron chi connectivity index (χ1n) is 14.3. The Hall–Kier alpha value is -1.88. The highest BCUT2D eigenvalue weighted by atomic mass is 32.2. The van der Waals surface area contributed by atoms with E-state index in [0.29, 0.717) is 39.4 Å². The average Bonchev–Trinajstić information content (AvgIpc) is 3.50. The summed E-state index contributed by atoms with van der Waals surface area (Å²) in [5, 5.41) is 10.5. The molecule has 0 aliphatic carbocycles. The minimum Gasteiger partial charge on any atom is -0.394 e. The molecule has 10 heteroatoms. The van der Waals surface area contributed by atoms with E-state index in [2.05, 4.69) is 25.0 Å². The largest absolute Gasteiger partial charge is 0.394 e. The summed E-state index contributed by atoms with van der Waals surface area (Å²) in [4.78, 5) is 50.2. The number of carbonyl (C=O) groups excluding carboxylic acids is 3. The number of hydrogen-bond acceptors (Lipinski definition) is 7. The average molecular weight is 563 g/mol. The quantitative estimate of drug-likeness (QED) is 0.359. The maximum Gasteiger partial charge on any atom is 0.247 e. The minimum absolute atomic E-state index is 0.0148. The van der Waals surface area contributed by atoms with Crippen LogP contribution in [0.25, 0.3) is 0 Å². The fourth-order valence-corrected chi connectivity index (χ4v) is 9.64. The SMILES string of the molecule is C=CCN(C)C(=O)[C@@H]1[C@H]2C(=O)N([C@@H](CO)C(C)C)C(C(=O)N(CC=C)CCN3CCOCC3)C23S[C@@H]1CC3C. The molecule has 9 nitrogen and oxygen atoms in total. The zero-order valence-electron chi connectivity index (χ0n) is 24.0. The van der Waals surface area contributed by atoms with Crippen molar-refractivity contribution < 1.29 is 24.2 Å². The van der Waals surface area contributed by atoms with Crippen molar-refractivity contribution in [1.29, 1.82) is 0 Å². The normalized spacial score (nSPS) is 32.8. The summed E-state index contributed by atoms with van der Waals surface area (Å²) in [6, 6.07) is -1.25. The molecule has 4 heterocycles. The lowest BCUT2D eigenvalue weighted by Crippen LogP contribution is -2.60. The molecule has 4 aliphatic heterocycles. The molecule has 0 aromatic rings. The van der Waals surface area contributed by atoms with Crippen molar-refractivity contribution in [3.8, 4) is 0 Å². The van der Waals surface area contributed by atoms with Gasteiger partial charge in [-0.25, -0.2) is 0 Å². The van der Waals surface area contributed by atoms with E-state index < -0.39 is 28.7 Å². The van der Waals surface area contributed by atoms with E-state index in [9.17, 15) is 19.5 Å². The molecule has 0 radical (unpaired) electrons. The number of nitrogens with zero attached hydrogens (tertiary/aromatic N) is 4. The second-order valence-corrected chi connectivity index (χ2v) is 13.4. The van der Waals surface area contributed by atoms with Crippen LogP contribution in [0.5, 0.6) is 0 Å². The van der Waals surface area contributed by atoms with Crippen LogP contribution in [0.2, 0.25) is 0 Å². The molecule has 4 fully saturated rings. The van der Waals surface area contributed by atoms with Crippen LogP contribution < -0.4 is 0 Å². The van der Waals surface area contributed by atoms with Crippen molar-refractivity contribution in [1.82, 2.24) is 19.6 Å². The third-order valence-corrected chi connectivity index (χ3v) is 11.3. The van der Waals surface area contributed by atoms with Crippen LogP contribution in [0, 0.1) is 23.7 Å². The second kappa shape index (κ2) is 12.3. The molecule has 0 saturated carbocycles. The van der Waals surface area contributed by atoms with Gasteiger partial charge in [-0.1, -0.05) is 32.9 Å². The standard InChI is InChI=1S/C29H46N4O5S/c1-7-9-30(6)26(35)23-22-17-20(5)29(39-22)24(23)27(36)33(21(18-34)19(3)4)25(29)28(37)32(10-8-2)12-11-31-13-15-38-16-14-31/h7-8,19-25,34H,1-2,9-18H2,3-6H3/t20?,21-,22+,23-,24-,25?,29?/m0/s1. The predicted molar refractivity (Wildman–Crippen MR) is 153 cm³/mol. The number of likely N-dealkylation sites (N-methyl/N-ethyl adjacent to an activating group) is 1. The number of carbonyl (C=O) groups is 3. The predicted octanol–water partition coefficient (Wildman–Crippen LogP) is 1.33. The van der Waals surface area contributed by atoms with E-state index in [1.165, 1.54) is 0 Å². The Kier molecular flexibility index (Phi) is 9.51. The van der Waals surface area contributed by atoms with Gasteiger partial charge in [-0.05, 0) is 18.3 Å². The fourth-order valence-electron chi connectivity index (χ4n) is 7.24. The van der Waals surface area contributed by atoms with Gasteiger partial charge >= 0.3 is 0 Å². The number of hydrogen-bond donors (Lipinski definition) is 1. The van der Waals surface area contributed by atoms with Gasteiger partial charge in [-0.15, -0.1) is 24.9 Å². The molecule has 39 heavy (non-hydrogen) atoms. The third kappa shape index (κ3) is 5.18. The first-order chi connectivity index (χ1) is 18.6. The number of thioether (sulfide) groups is 1. The number of amides is 3. The molecule has 218 valence electrons. The fraction of sp³-hybridized carbons (Fsp3) is 0.759. The zero-order valence-corrected chi connectivity index (χ0v) is 24.8. The number of morpholine rings is 1. The summed E-state index contributed by atoms with van der Waals surface area (Å²) < 4.78 is 4.76. The highest BCUT2D eigenvalue weighted by Crippen LogP contribution is 2.69. The summed E-state index contributed by atoms with van der Waals surface area (Å²) >= 11 is 1.68. The summed E-state index contributed by atoms with van der Waals surface area (Å²) in [5.74, 6) is -1.40. The van der Waals surface area contributed by atoms with Crippen molar-refractivity contribution in [2.24, 2.45) is 23.7 Å². The first kappa shape index (κ1) is 30.1. The molecule has 3 amide bonds. The van der Waals surface area contributed by atoms with Crippen LogP contribution in [-0.4, -0.2) is 131 Å². The number of aliphatic hydroxyl groups is 1. The Morgan fingerprint density at radius 1 is 1.21 bits per heavy atom. The maximum absolute atomic E-state index is 14.6. The van der Waals surface area contributed by atoms with Gasteiger partial charge in [0.15, 0.2) is 0 Å². The topological polar surface area (TPSA) is 93.6 Å². The van der Waals surface area contributed by atoms with Crippen LogP contribution in [0.3, 0.4) is 0 Å². The van der Waals surface area contributed by atoms with Gasteiger partial charge < -0.3 is 24.5 Å². The molecular formula is C29H46N4O5S. The molecule has 2 bridgehead atoms. The first-order valence-corrected chi connectivity index (χ1v) is 15.2. The number of likely N-dealkylation sites (tertiary alicyclic amines) is 1. The van der Waals surface area contributed by atoms with Gasteiger partial charge in [-0.3, -0.25) is 19.3 Å². The Morgan fingerprint density at radius 3 is 2.46 bits per heavy atom. The third-order valence-electron chi connectivity index (χ3n) is 9.25. The van der Waals surface area contributed by atoms with Crippen molar-refractivity contribution in [2.75, 3.05) is 66.1 Å². The van der Waals surface area contributed by atoms with E-state index in [0.717, 1.165) is 19.5 Å². The molecule has 0 aromatic carbocycles. The van der Waals surface area contributed by atoms with Crippen LogP contribution >= 0.6 is 11.8 Å². The van der Waals surface area contributed by atoms with E-state index in [-0.39, 0.29) is 41.4 Å². The molecule has 7 atom stereocenters. The number of rotatable bonds is 12. The van der Waals surface area contributed by atoms with Crippen molar-refractivity contribution in [3.63, 3.8) is 0 Å². The second-order valence-electron chi connectivity index (χ2n) is 11.8. The number of ether oxygens (including phenoxy) is 1. The Morgan fingerprint density at radius 2 is 1.87 bits per heavy atom. The summed E-state index contributed by atoms with van der Waals surface area (Å²) in [5.41, 5.74) is 0. The van der Waals surface area contributed by atoms with Crippen LogP contribution in [0.15, 0.2) is 25.3 Å². The summed E-state index contributed by atoms with van der Waals surface area (Å²) in [7, 11) is 1.75. The molecule has 0 aromatic heterocycles. The molecular weight excluding hydrogens is 516 g/mol. The van der Waals surface area contributed by atoms with E-state index in [1.807, 2.05) is 18.7 Å². The Labute approximate surface area is 237 Å². The lowest BCUT2D eigenvalue weighted by molar-refractivity contribution is -0.147. The van der Waals surface area contributed by atoms with E-state index in [1.54, 1.807) is 40.8 Å². The monoisotopic (exact) mass is 562 g/mol. The molecule has 4 saturated heterocycles. The molecule has 4 rings (SSSR count). The van der Waals surface area contributed by atoms with Crippen molar-refractivity contribution in [2.45, 2.75) is 49.3 Å². The molecule has 3 unspecified atom stereocenters. The molecule has 1 spiro atoms. The lowest BCUT2D eigenvalue weighted by Gasteiger charge is -2.43. The number of fused-ring (bicyclic) bond motifs is 1. The zero-order chi connectivity index (χ0) is 28.5. The van der Waals surface area contributed by atoms with Gasteiger partial charge in [0.1, 0.15) is 6.04 Å². The Bertz CT molecular complexity index is 956. The van der Waals surface area contributed by atoms with Gasteiger partial charge in [-0.2, -0.15) is 0 Å². The van der Waals surface area contributed by atoms with E-state index >= 15 is 0 Å². The van der Waals surface area contributed by atoms with E-state index in [4.69, 9.17) is 4.74 Å². The van der Waals surface area contributed by atoms with Gasteiger partial charge in [0.2, 0.25) is 17.7 Å². The van der Waals surface area contributed by atoms with Gasteiger partial charge in [0, 0.05) is 51.6 Å². The van der Waals surface area contributed by atoms with Crippen molar-refractivity contribution >= 4 is 29.5 Å². The van der Waals surface area contributed by atoms with Crippen molar-refractivity contribution in [3.05, 3.63) is 25.3 Å². The minimum atomic E-state index is -0.744. The smallest absolute Gasteiger partial charge is 0.247 e. The number of aliphatic hydroxyl groups excluding tert-OH is 1. The maximum atomic E-state index is 14.6.